The Morgan fingerprint density at radius 1 is 1.44 bits per heavy atom. The average Bonchev–Trinajstić information content (AvgIpc) is 2.68. The van der Waals surface area contributed by atoms with Crippen LogP contribution in [0.15, 0.2) is 18.3 Å². The fourth-order valence-corrected chi connectivity index (χ4v) is 1.80. The molecule has 0 spiro atoms. The van der Waals surface area contributed by atoms with E-state index in [0.29, 0.717) is 0 Å². The predicted molar refractivity (Wildman–Crippen MR) is 60.4 cm³/mol. The molecule has 0 radical (unpaired) electrons. The molecule has 0 N–H and O–H groups in total. The number of carbonyl (C=O) groups excluding carboxylic acids is 1. The Labute approximate surface area is 93.9 Å². The summed E-state index contributed by atoms with van der Waals surface area (Å²) in [6.45, 7) is 4.00. The first-order valence-corrected chi connectivity index (χ1v) is 5.13. The minimum Gasteiger partial charge on any atom is -0.469 e. The Balaban J connectivity index is 2.55. The van der Waals surface area contributed by atoms with Gasteiger partial charge in [-0.25, -0.2) is 4.98 Å². The molecule has 0 unspecified atom stereocenters. The van der Waals surface area contributed by atoms with Crippen LogP contribution in [0.3, 0.4) is 0 Å². The highest BCUT2D eigenvalue weighted by Crippen LogP contribution is 2.15. The molecular weight excluding hydrogens is 204 g/mol. The Morgan fingerprint density at radius 2 is 2.19 bits per heavy atom. The standard InChI is InChI=1S/C12H14N2O2/c1-8-4-5-9(2)14-10(6-11(15)16-3)7-13-12(8)14/h4-5,7H,6H2,1-3H3. The molecule has 2 heterocycles. The third-order valence-corrected chi connectivity index (χ3v) is 2.67. The van der Waals surface area contributed by atoms with Crippen molar-refractivity contribution in [2.24, 2.45) is 0 Å². The van der Waals surface area contributed by atoms with Crippen molar-refractivity contribution in [1.29, 1.82) is 0 Å². The summed E-state index contributed by atoms with van der Waals surface area (Å²) in [6.07, 6.45) is 1.98. The normalized spacial score (nSPS) is 10.7. The molecule has 4 heteroatoms. The van der Waals surface area contributed by atoms with E-state index in [0.717, 1.165) is 22.6 Å². The average molecular weight is 218 g/mol. The van der Waals surface area contributed by atoms with Gasteiger partial charge in [-0.3, -0.25) is 4.79 Å². The smallest absolute Gasteiger partial charge is 0.311 e. The monoisotopic (exact) mass is 218 g/mol. The summed E-state index contributed by atoms with van der Waals surface area (Å²) in [4.78, 5) is 15.6. The number of hydrogen-bond acceptors (Lipinski definition) is 3. The van der Waals surface area contributed by atoms with E-state index < -0.39 is 0 Å². The van der Waals surface area contributed by atoms with Crippen LogP contribution < -0.4 is 0 Å². The number of ether oxygens (including phenoxy) is 1. The topological polar surface area (TPSA) is 43.6 Å². The van der Waals surface area contributed by atoms with Crippen molar-refractivity contribution >= 4 is 11.6 Å². The number of fused-ring (bicyclic) bond motifs is 1. The third-order valence-electron chi connectivity index (χ3n) is 2.67. The Morgan fingerprint density at radius 3 is 2.88 bits per heavy atom. The first-order chi connectivity index (χ1) is 7.63. The van der Waals surface area contributed by atoms with Gasteiger partial charge in [-0.1, -0.05) is 6.07 Å². The second kappa shape index (κ2) is 3.96. The Hall–Kier alpha value is -1.84. The van der Waals surface area contributed by atoms with Crippen molar-refractivity contribution in [3.05, 3.63) is 35.3 Å². The minimum atomic E-state index is -0.247. The van der Waals surface area contributed by atoms with Crippen LogP contribution in [-0.2, 0) is 16.0 Å². The van der Waals surface area contributed by atoms with E-state index in [2.05, 4.69) is 9.72 Å². The SMILES string of the molecule is COC(=O)Cc1cnc2c(C)ccc(C)n12. The molecule has 2 rings (SSSR count). The van der Waals surface area contributed by atoms with Gasteiger partial charge >= 0.3 is 5.97 Å². The molecule has 4 nitrogen and oxygen atoms in total. The maximum atomic E-state index is 11.3. The van der Waals surface area contributed by atoms with Gasteiger partial charge in [-0.2, -0.15) is 0 Å². The van der Waals surface area contributed by atoms with Crippen LogP contribution in [0.25, 0.3) is 5.65 Å². The quantitative estimate of drug-likeness (QED) is 0.720. The lowest BCUT2D eigenvalue weighted by molar-refractivity contribution is -0.139. The largest absolute Gasteiger partial charge is 0.469 e. The molecule has 0 aliphatic carbocycles. The van der Waals surface area contributed by atoms with Gasteiger partial charge in [0, 0.05) is 11.9 Å². The van der Waals surface area contributed by atoms with Crippen LogP contribution in [0, 0.1) is 13.8 Å². The van der Waals surface area contributed by atoms with Crippen LogP contribution in [0.4, 0.5) is 0 Å². The molecule has 2 aromatic rings. The molecule has 0 atom stereocenters. The van der Waals surface area contributed by atoms with Crippen molar-refractivity contribution in [2.75, 3.05) is 7.11 Å². The molecule has 0 saturated carbocycles. The van der Waals surface area contributed by atoms with Gasteiger partial charge in [-0.05, 0) is 25.5 Å². The number of methoxy groups -OCH3 is 1. The maximum Gasteiger partial charge on any atom is 0.311 e. The fourth-order valence-electron chi connectivity index (χ4n) is 1.80. The highest BCUT2D eigenvalue weighted by atomic mass is 16.5. The van der Waals surface area contributed by atoms with E-state index in [-0.39, 0.29) is 12.4 Å². The number of carbonyl (C=O) groups is 1. The molecular formula is C12H14N2O2. The van der Waals surface area contributed by atoms with Gasteiger partial charge < -0.3 is 9.14 Å². The van der Waals surface area contributed by atoms with E-state index in [1.807, 2.05) is 30.4 Å². The van der Waals surface area contributed by atoms with E-state index in [9.17, 15) is 4.79 Å². The zero-order valence-corrected chi connectivity index (χ0v) is 9.65. The summed E-state index contributed by atoms with van der Waals surface area (Å²) >= 11 is 0. The summed E-state index contributed by atoms with van der Waals surface area (Å²) in [7, 11) is 1.39. The molecule has 0 aliphatic rings. The van der Waals surface area contributed by atoms with Gasteiger partial charge in [0.05, 0.1) is 19.2 Å². The third kappa shape index (κ3) is 1.66. The number of pyridine rings is 1. The van der Waals surface area contributed by atoms with Crippen molar-refractivity contribution < 1.29 is 9.53 Å². The summed E-state index contributed by atoms with van der Waals surface area (Å²) in [6, 6.07) is 4.05. The molecule has 0 fully saturated rings. The summed E-state index contributed by atoms with van der Waals surface area (Å²) in [5, 5.41) is 0. The van der Waals surface area contributed by atoms with Crippen molar-refractivity contribution in [2.45, 2.75) is 20.3 Å². The molecule has 0 bridgehead atoms. The number of imidazole rings is 1. The van der Waals surface area contributed by atoms with Gasteiger partial charge in [0.1, 0.15) is 5.65 Å². The second-order valence-electron chi connectivity index (χ2n) is 3.82. The number of hydrogen-bond donors (Lipinski definition) is 0. The molecule has 84 valence electrons. The molecule has 0 aliphatic heterocycles. The van der Waals surface area contributed by atoms with Crippen LogP contribution in [0.5, 0.6) is 0 Å². The number of rotatable bonds is 2. The lowest BCUT2D eigenvalue weighted by Crippen LogP contribution is -2.08. The highest BCUT2D eigenvalue weighted by Gasteiger charge is 2.11. The van der Waals surface area contributed by atoms with Crippen LogP contribution >= 0.6 is 0 Å². The lowest BCUT2D eigenvalue weighted by Gasteiger charge is -2.06. The lowest BCUT2D eigenvalue weighted by atomic mass is 10.2. The minimum absolute atomic E-state index is 0.247. The van der Waals surface area contributed by atoms with Crippen LogP contribution in [-0.4, -0.2) is 22.5 Å². The number of aryl methyl sites for hydroxylation is 2. The zero-order valence-electron chi connectivity index (χ0n) is 9.65. The Bertz CT molecular complexity index is 543. The van der Waals surface area contributed by atoms with Gasteiger partial charge in [-0.15, -0.1) is 0 Å². The van der Waals surface area contributed by atoms with E-state index >= 15 is 0 Å². The molecule has 0 aromatic carbocycles. The van der Waals surface area contributed by atoms with Gasteiger partial charge in [0.2, 0.25) is 0 Å². The van der Waals surface area contributed by atoms with Gasteiger partial charge in [0.25, 0.3) is 0 Å². The van der Waals surface area contributed by atoms with Crippen molar-refractivity contribution in [3.8, 4) is 0 Å². The van der Waals surface area contributed by atoms with E-state index in [4.69, 9.17) is 0 Å². The summed E-state index contributed by atoms with van der Waals surface area (Å²) in [5.74, 6) is -0.247. The van der Waals surface area contributed by atoms with E-state index in [1.54, 1.807) is 6.20 Å². The first kappa shape index (κ1) is 10.7. The van der Waals surface area contributed by atoms with Crippen LogP contribution in [0.1, 0.15) is 17.0 Å². The first-order valence-electron chi connectivity index (χ1n) is 5.13. The summed E-state index contributed by atoms with van der Waals surface area (Å²) in [5.41, 5.74) is 3.93. The highest BCUT2D eigenvalue weighted by molar-refractivity contribution is 5.72. The molecule has 0 amide bonds. The van der Waals surface area contributed by atoms with Crippen molar-refractivity contribution in [1.82, 2.24) is 9.38 Å². The van der Waals surface area contributed by atoms with E-state index in [1.165, 1.54) is 7.11 Å². The fraction of sp³-hybridized carbons (Fsp3) is 0.333. The Kier molecular flexibility index (Phi) is 2.64. The molecule has 2 aromatic heterocycles. The van der Waals surface area contributed by atoms with Crippen molar-refractivity contribution in [3.63, 3.8) is 0 Å². The molecule has 0 saturated heterocycles. The number of aromatic nitrogens is 2. The zero-order chi connectivity index (χ0) is 11.7. The molecule has 16 heavy (non-hydrogen) atoms. The second-order valence-corrected chi connectivity index (χ2v) is 3.82. The number of nitrogens with zero attached hydrogens (tertiary/aromatic N) is 2. The van der Waals surface area contributed by atoms with Crippen LogP contribution in [0.2, 0.25) is 0 Å². The predicted octanol–water partition coefficient (Wildman–Crippen LogP) is 1.67. The number of esters is 1. The van der Waals surface area contributed by atoms with Gasteiger partial charge in [0.15, 0.2) is 0 Å². The summed E-state index contributed by atoms with van der Waals surface area (Å²) < 4.78 is 6.65. The maximum absolute atomic E-state index is 11.3.